The van der Waals surface area contributed by atoms with Crippen molar-refractivity contribution in [3.8, 4) is 0 Å². The molecule has 0 fully saturated rings. The average molecular weight is 193 g/mol. The summed E-state index contributed by atoms with van der Waals surface area (Å²) in [5.74, 6) is 0. The molecule has 0 heterocycles. The summed E-state index contributed by atoms with van der Waals surface area (Å²) in [7, 11) is 1.73. The second-order valence-corrected chi connectivity index (χ2v) is 3.51. The van der Waals surface area contributed by atoms with Gasteiger partial charge in [0.25, 0.3) is 0 Å². The molecule has 0 saturated carbocycles. The van der Waals surface area contributed by atoms with Crippen LogP contribution in [0.3, 0.4) is 0 Å². The predicted molar refractivity (Wildman–Crippen MR) is 59.1 cm³/mol. The lowest BCUT2D eigenvalue weighted by Gasteiger charge is -2.11. The molecule has 14 heavy (non-hydrogen) atoms. The maximum atomic E-state index is 6.04. The van der Waals surface area contributed by atoms with E-state index >= 15 is 0 Å². The number of benzene rings is 1. The zero-order chi connectivity index (χ0) is 10.2. The molecule has 1 aromatic carbocycles. The van der Waals surface area contributed by atoms with Crippen molar-refractivity contribution < 1.29 is 4.74 Å². The third-order valence-electron chi connectivity index (χ3n) is 2.34. The first-order valence-electron chi connectivity index (χ1n) is 5.14. The number of ether oxygens (including phenoxy) is 1. The first-order valence-corrected chi connectivity index (χ1v) is 5.14. The second kappa shape index (κ2) is 6.57. The minimum atomic E-state index is 0.174. The van der Waals surface area contributed by atoms with Crippen LogP contribution < -0.4 is 5.73 Å². The molecule has 2 nitrogen and oxygen atoms in total. The Labute approximate surface area is 86.1 Å². The van der Waals surface area contributed by atoms with Crippen LogP contribution >= 0.6 is 0 Å². The van der Waals surface area contributed by atoms with Crippen LogP contribution in [-0.4, -0.2) is 13.7 Å². The Balaban J connectivity index is 2.25. The zero-order valence-electron chi connectivity index (χ0n) is 8.78. The Bertz CT molecular complexity index is 235. The second-order valence-electron chi connectivity index (χ2n) is 3.51. The summed E-state index contributed by atoms with van der Waals surface area (Å²) in [5, 5.41) is 0. The first-order chi connectivity index (χ1) is 6.84. The zero-order valence-corrected chi connectivity index (χ0v) is 8.78. The standard InChI is InChI=1S/C12H19NO/c1-14-10-6-5-9-12(13)11-7-3-2-4-8-11/h2-4,7-8,12H,5-6,9-10,13H2,1H3/t12-/m0/s1. The fourth-order valence-electron chi connectivity index (χ4n) is 1.48. The topological polar surface area (TPSA) is 35.2 Å². The Morgan fingerprint density at radius 2 is 1.93 bits per heavy atom. The van der Waals surface area contributed by atoms with Gasteiger partial charge in [0, 0.05) is 19.8 Å². The highest BCUT2D eigenvalue weighted by atomic mass is 16.5. The smallest absolute Gasteiger partial charge is 0.0462 e. The number of hydrogen-bond donors (Lipinski definition) is 1. The molecule has 1 atom stereocenters. The largest absolute Gasteiger partial charge is 0.385 e. The monoisotopic (exact) mass is 193 g/mol. The fourth-order valence-corrected chi connectivity index (χ4v) is 1.48. The highest BCUT2D eigenvalue weighted by molar-refractivity contribution is 5.18. The molecular weight excluding hydrogens is 174 g/mol. The van der Waals surface area contributed by atoms with Crippen molar-refractivity contribution in [1.29, 1.82) is 0 Å². The van der Waals surface area contributed by atoms with Crippen molar-refractivity contribution >= 4 is 0 Å². The van der Waals surface area contributed by atoms with Crippen LogP contribution in [0.4, 0.5) is 0 Å². The first kappa shape index (κ1) is 11.2. The summed E-state index contributed by atoms with van der Waals surface area (Å²) < 4.78 is 4.99. The van der Waals surface area contributed by atoms with E-state index in [1.54, 1.807) is 7.11 Å². The van der Waals surface area contributed by atoms with Gasteiger partial charge in [-0.15, -0.1) is 0 Å². The van der Waals surface area contributed by atoms with E-state index < -0.39 is 0 Å². The quantitative estimate of drug-likeness (QED) is 0.704. The fraction of sp³-hybridized carbons (Fsp3) is 0.500. The lowest BCUT2D eigenvalue weighted by atomic mass is 10.0. The highest BCUT2D eigenvalue weighted by Gasteiger charge is 2.03. The average Bonchev–Trinajstić information content (AvgIpc) is 2.25. The molecule has 0 bridgehead atoms. The SMILES string of the molecule is COCCCC[C@H](N)c1ccccc1. The van der Waals surface area contributed by atoms with Gasteiger partial charge in [0.2, 0.25) is 0 Å². The van der Waals surface area contributed by atoms with Gasteiger partial charge < -0.3 is 10.5 Å². The van der Waals surface area contributed by atoms with Gasteiger partial charge in [0.1, 0.15) is 0 Å². The van der Waals surface area contributed by atoms with Crippen molar-refractivity contribution in [2.24, 2.45) is 5.73 Å². The van der Waals surface area contributed by atoms with Gasteiger partial charge in [-0.1, -0.05) is 30.3 Å². The Morgan fingerprint density at radius 1 is 1.21 bits per heavy atom. The molecule has 78 valence electrons. The third kappa shape index (κ3) is 3.90. The van der Waals surface area contributed by atoms with Crippen molar-refractivity contribution in [1.82, 2.24) is 0 Å². The summed E-state index contributed by atoms with van der Waals surface area (Å²) >= 11 is 0. The van der Waals surface area contributed by atoms with Gasteiger partial charge in [-0.25, -0.2) is 0 Å². The molecule has 0 amide bonds. The van der Waals surface area contributed by atoms with Gasteiger partial charge in [0.15, 0.2) is 0 Å². The van der Waals surface area contributed by atoms with Gasteiger partial charge in [0.05, 0.1) is 0 Å². The molecule has 0 aromatic heterocycles. The number of nitrogens with two attached hydrogens (primary N) is 1. The van der Waals surface area contributed by atoms with Crippen LogP contribution in [0.2, 0.25) is 0 Å². The van der Waals surface area contributed by atoms with E-state index in [2.05, 4.69) is 12.1 Å². The van der Waals surface area contributed by atoms with Crippen LogP contribution in [0.25, 0.3) is 0 Å². The summed E-state index contributed by atoms with van der Waals surface area (Å²) in [5.41, 5.74) is 7.26. The third-order valence-corrected chi connectivity index (χ3v) is 2.34. The van der Waals surface area contributed by atoms with E-state index in [0.29, 0.717) is 0 Å². The molecule has 0 aliphatic heterocycles. The van der Waals surface area contributed by atoms with E-state index in [9.17, 15) is 0 Å². The van der Waals surface area contributed by atoms with Crippen LogP contribution in [0.1, 0.15) is 30.9 Å². The summed E-state index contributed by atoms with van der Waals surface area (Å²) in [6.45, 7) is 0.835. The number of rotatable bonds is 6. The van der Waals surface area contributed by atoms with Crippen LogP contribution in [0.15, 0.2) is 30.3 Å². The minimum Gasteiger partial charge on any atom is -0.385 e. The van der Waals surface area contributed by atoms with Gasteiger partial charge in [-0.3, -0.25) is 0 Å². The molecule has 0 spiro atoms. The van der Waals surface area contributed by atoms with E-state index in [4.69, 9.17) is 10.5 Å². The predicted octanol–water partition coefficient (Wildman–Crippen LogP) is 2.50. The maximum Gasteiger partial charge on any atom is 0.0462 e. The Kier molecular flexibility index (Phi) is 5.27. The van der Waals surface area contributed by atoms with E-state index in [0.717, 1.165) is 25.9 Å². The van der Waals surface area contributed by atoms with Crippen molar-refractivity contribution in [2.45, 2.75) is 25.3 Å². The van der Waals surface area contributed by atoms with Crippen molar-refractivity contribution in [3.05, 3.63) is 35.9 Å². The Morgan fingerprint density at radius 3 is 2.57 bits per heavy atom. The lowest BCUT2D eigenvalue weighted by molar-refractivity contribution is 0.191. The molecule has 0 aliphatic rings. The van der Waals surface area contributed by atoms with Crippen molar-refractivity contribution in [2.75, 3.05) is 13.7 Å². The highest BCUT2D eigenvalue weighted by Crippen LogP contribution is 2.15. The van der Waals surface area contributed by atoms with Crippen LogP contribution in [-0.2, 0) is 4.74 Å². The van der Waals surface area contributed by atoms with Gasteiger partial charge in [-0.05, 0) is 24.8 Å². The molecular formula is C12H19NO. The molecule has 0 saturated heterocycles. The normalized spacial score (nSPS) is 12.7. The van der Waals surface area contributed by atoms with Crippen LogP contribution in [0, 0.1) is 0 Å². The maximum absolute atomic E-state index is 6.04. The summed E-state index contributed by atoms with van der Waals surface area (Å²) in [6, 6.07) is 10.4. The summed E-state index contributed by atoms with van der Waals surface area (Å²) in [6.07, 6.45) is 3.26. The Hall–Kier alpha value is -0.860. The molecule has 2 N–H and O–H groups in total. The van der Waals surface area contributed by atoms with Crippen LogP contribution in [0.5, 0.6) is 0 Å². The van der Waals surface area contributed by atoms with E-state index in [1.807, 2.05) is 18.2 Å². The minimum absolute atomic E-state index is 0.174. The lowest BCUT2D eigenvalue weighted by Crippen LogP contribution is -2.10. The van der Waals surface area contributed by atoms with Crippen molar-refractivity contribution in [3.63, 3.8) is 0 Å². The molecule has 0 aliphatic carbocycles. The number of methoxy groups -OCH3 is 1. The molecule has 1 rings (SSSR count). The molecule has 1 aromatic rings. The van der Waals surface area contributed by atoms with Gasteiger partial charge in [-0.2, -0.15) is 0 Å². The number of unbranched alkanes of at least 4 members (excludes halogenated alkanes) is 1. The molecule has 0 radical (unpaired) electrons. The molecule has 0 unspecified atom stereocenters. The molecule has 2 heteroatoms. The summed E-state index contributed by atoms with van der Waals surface area (Å²) in [4.78, 5) is 0. The number of hydrogen-bond acceptors (Lipinski definition) is 2. The van der Waals surface area contributed by atoms with E-state index in [1.165, 1.54) is 5.56 Å². The van der Waals surface area contributed by atoms with Gasteiger partial charge >= 0.3 is 0 Å². The van der Waals surface area contributed by atoms with E-state index in [-0.39, 0.29) is 6.04 Å².